The van der Waals surface area contributed by atoms with Gasteiger partial charge in [-0.05, 0) is 60.6 Å². The summed E-state index contributed by atoms with van der Waals surface area (Å²) in [6.07, 6.45) is 4.92. The van der Waals surface area contributed by atoms with E-state index < -0.39 is 5.97 Å². The number of carbonyl (C=O) groups is 1. The zero-order valence-corrected chi connectivity index (χ0v) is 21.3. The van der Waals surface area contributed by atoms with Gasteiger partial charge in [-0.2, -0.15) is 4.98 Å². The summed E-state index contributed by atoms with van der Waals surface area (Å²) in [7, 11) is 0. The van der Waals surface area contributed by atoms with Crippen molar-refractivity contribution in [2.75, 3.05) is 11.9 Å². The van der Waals surface area contributed by atoms with Crippen LogP contribution in [-0.4, -0.2) is 32.7 Å². The highest BCUT2D eigenvalue weighted by molar-refractivity contribution is 5.68. The number of aromatic nitrogens is 3. The van der Waals surface area contributed by atoms with E-state index in [1.165, 1.54) is 5.56 Å². The number of aryl methyl sites for hydroxylation is 3. The first-order valence-corrected chi connectivity index (χ1v) is 13.1. The molecule has 0 saturated heterocycles. The highest BCUT2D eigenvalue weighted by atomic mass is 16.5. The molecule has 0 bridgehead atoms. The Kier molecular flexibility index (Phi) is 8.28. The lowest BCUT2D eigenvalue weighted by Crippen LogP contribution is -2.14. The van der Waals surface area contributed by atoms with Gasteiger partial charge in [-0.15, -0.1) is 0 Å². The van der Waals surface area contributed by atoms with Crippen LogP contribution in [0.4, 0.5) is 5.82 Å². The van der Waals surface area contributed by atoms with Crippen LogP contribution in [-0.2, 0) is 37.1 Å². The molecule has 1 unspecified atom stereocenters. The second-order valence-electron chi connectivity index (χ2n) is 9.64. The molecule has 8 nitrogen and oxygen atoms in total. The standard InChI is InChI=1S/C30H32N4O4/c35-29(36)19-24(22-12-15-26(16-13-22)37-20-21-6-2-1-3-7-21)18-28-33-27(34-38-28)10-4-9-25-14-11-23-8-5-17-31-30(23)32-25/h1-3,6-7,11-16,24H,4-5,8-10,17-20H2,(H,31,32)(H,35,36). The molecule has 8 heteroatoms. The van der Waals surface area contributed by atoms with Gasteiger partial charge in [0.15, 0.2) is 5.82 Å². The first kappa shape index (κ1) is 25.4. The minimum absolute atomic E-state index is 0.0278. The molecule has 1 aliphatic heterocycles. The number of benzene rings is 2. The van der Waals surface area contributed by atoms with Crippen LogP contribution in [0.25, 0.3) is 0 Å². The zero-order valence-electron chi connectivity index (χ0n) is 21.3. The minimum atomic E-state index is -0.869. The predicted molar refractivity (Wildman–Crippen MR) is 143 cm³/mol. The number of nitrogens with one attached hydrogen (secondary N) is 1. The van der Waals surface area contributed by atoms with E-state index in [9.17, 15) is 9.90 Å². The van der Waals surface area contributed by atoms with Gasteiger partial charge in [0.05, 0.1) is 6.42 Å². The molecular formula is C30H32N4O4. The average Bonchev–Trinajstić information content (AvgIpc) is 3.39. The van der Waals surface area contributed by atoms with Crippen molar-refractivity contribution in [3.8, 4) is 5.75 Å². The molecule has 0 radical (unpaired) electrons. The van der Waals surface area contributed by atoms with Gasteiger partial charge in [-0.3, -0.25) is 4.79 Å². The quantitative estimate of drug-likeness (QED) is 0.260. The maximum atomic E-state index is 11.6. The number of hydrogen-bond donors (Lipinski definition) is 2. The fourth-order valence-electron chi connectivity index (χ4n) is 4.72. The lowest BCUT2D eigenvalue weighted by molar-refractivity contribution is -0.137. The Labute approximate surface area is 222 Å². The summed E-state index contributed by atoms with van der Waals surface area (Å²) >= 11 is 0. The van der Waals surface area contributed by atoms with Gasteiger partial charge >= 0.3 is 5.97 Å². The molecule has 0 aliphatic carbocycles. The van der Waals surface area contributed by atoms with Gasteiger partial charge < -0.3 is 19.7 Å². The maximum Gasteiger partial charge on any atom is 0.303 e. The molecule has 5 rings (SSSR count). The molecule has 2 aromatic carbocycles. The van der Waals surface area contributed by atoms with Crippen molar-refractivity contribution in [1.29, 1.82) is 0 Å². The molecule has 2 N–H and O–H groups in total. The Balaban J connectivity index is 1.15. The van der Waals surface area contributed by atoms with Gasteiger partial charge in [-0.1, -0.05) is 53.7 Å². The summed E-state index contributed by atoms with van der Waals surface area (Å²) in [4.78, 5) is 20.8. The van der Waals surface area contributed by atoms with Gasteiger partial charge in [0.2, 0.25) is 5.89 Å². The molecule has 0 saturated carbocycles. The molecule has 2 aromatic heterocycles. The second-order valence-corrected chi connectivity index (χ2v) is 9.64. The summed E-state index contributed by atoms with van der Waals surface area (Å²) in [6.45, 7) is 1.45. The van der Waals surface area contributed by atoms with E-state index in [1.54, 1.807) is 0 Å². The number of hydrogen-bond acceptors (Lipinski definition) is 7. The topological polar surface area (TPSA) is 110 Å². The number of nitrogens with zero attached hydrogens (tertiary/aromatic N) is 3. The molecule has 1 aliphatic rings. The molecule has 1 atom stereocenters. The predicted octanol–water partition coefficient (Wildman–Crippen LogP) is 5.38. The molecule has 4 aromatic rings. The minimum Gasteiger partial charge on any atom is -0.489 e. The smallest absolute Gasteiger partial charge is 0.303 e. The van der Waals surface area contributed by atoms with E-state index >= 15 is 0 Å². The average molecular weight is 513 g/mol. The summed E-state index contributed by atoms with van der Waals surface area (Å²) in [6, 6.07) is 21.8. The third-order valence-electron chi connectivity index (χ3n) is 6.74. The number of ether oxygens (including phenoxy) is 1. The number of aliphatic carboxylic acids is 1. The summed E-state index contributed by atoms with van der Waals surface area (Å²) in [5, 5.41) is 17.0. The summed E-state index contributed by atoms with van der Waals surface area (Å²) in [5.41, 5.74) is 4.32. The van der Waals surface area contributed by atoms with Gasteiger partial charge in [0, 0.05) is 31.0 Å². The largest absolute Gasteiger partial charge is 0.489 e. The van der Waals surface area contributed by atoms with Gasteiger partial charge in [0.1, 0.15) is 18.2 Å². The third-order valence-corrected chi connectivity index (χ3v) is 6.74. The molecule has 196 valence electrons. The van der Waals surface area contributed by atoms with Crippen molar-refractivity contribution in [2.24, 2.45) is 0 Å². The molecule has 3 heterocycles. The third kappa shape index (κ3) is 6.97. The lowest BCUT2D eigenvalue weighted by Gasteiger charge is -2.17. The van der Waals surface area contributed by atoms with Crippen LogP contribution in [0, 0.1) is 0 Å². The number of fused-ring (bicyclic) bond motifs is 1. The van der Waals surface area contributed by atoms with E-state index in [2.05, 4.69) is 27.6 Å². The van der Waals surface area contributed by atoms with Crippen molar-refractivity contribution in [3.05, 3.63) is 101 Å². The highest BCUT2D eigenvalue weighted by Gasteiger charge is 2.20. The van der Waals surface area contributed by atoms with E-state index in [0.717, 1.165) is 60.6 Å². The van der Waals surface area contributed by atoms with E-state index in [0.29, 0.717) is 31.2 Å². The maximum absolute atomic E-state index is 11.6. The van der Waals surface area contributed by atoms with Crippen molar-refractivity contribution in [3.63, 3.8) is 0 Å². The summed E-state index contributed by atoms with van der Waals surface area (Å²) < 4.78 is 11.3. The van der Waals surface area contributed by atoms with Crippen LogP contribution in [0.3, 0.4) is 0 Å². The van der Waals surface area contributed by atoms with Crippen molar-refractivity contribution in [2.45, 2.75) is 57.5 Å². The van der Waals surface area contributed by atoms with Crippen LogP contribution in [0.2, 0.25) is 0 Å². The lowest BCUT2D eigenvalue weighted by atomic mass is 9.92. The Morgan fingerprint density at radius 3 is 2.68 bits per heavy atom. The Morgan fingerprint density at radius 1 is 1.03 bits per heavy atom. The van der Waals surface area contributed by atoms with Crippen LogP contribution in [0.15, 0.2) is 71.3 Å². The fraction of sp³-hybridized carbons (Fsp3) is 0.333. The molecule has 0 spiro atoms. The number of carboxylic acids is 1. The number of rotatable bonds is 12. The Hall–Kier alpha value is -4.20. The van der Waals surface area contributed by atoms with E-state index in [-0.39, 0.29) is 12.3 Å². The molecule has 0 amide bonds. The highest BCUT2D eigenvalue weighted by Crippen LogP contribution is 2.27. The fourth-order valence-corrected chi connectivity index (χ4v) is 4.72. The van der Waals surface area contributed by atoms with Crippen LogP contribution in [0.1, 0.15) is 59.3 Å². The van der Waals surface area contributed by atoms with Crippen molar-refractivity contribution in [1.82, 2.24) is 15.1 Å². The first-order valence-electron chi connectivity index (χ1n) is 13.1. The number of anilines is 1. The summed E-state index contributed by atoms with van der Waals surface area (Å²) in [5.74, 6) is 1.68. The van der Waals surface area contributed by atoms with E-state index in [1.807, 2.05) is 54.6 Å². The van der Waals surface area contributed by atoms with Crippen LogP contribution >= 0.6 is 0 Å². The van der Waals surface area contributed by atoms with Gasteiger partial charge in [-0.25, -0.2) is 4.98 Å². The zero-order chi connectivity index (χ0) is 26.2. The second kappa shape index (κ2) is 12.4. The molecule has 0 fully saturated rings. The Bertz CT molecular complexity index is 1340. The van der Waals surface area contributed by atoms with Crippen LogP contribution in [0.5, 0.6) is 5.75 Å². The SMILES string of the molecule is O=C(O)CC(Cc1nc(CCCc2ccc3c(n2)NCCC3)no1)c1ccc(OCc2ccccc2)cc1. The Morgan fingerprint density at radius 2 is 1.87 bits per heavy atom. The van der Waals surface area contributed by atoms with Crippen molar-refractivity contribution < 1.29 is 19.2 Å². The molecule has 38 heavy (non-hydrogen) atoms. The van der Waals surface area contributed by atoms with Crippen molar-refractivity contribution >= 4 is 11.8 Å². The van der Waals surface area contributed by atoms with E-state index in [4.69, 9.17) is 14.2 Å². The monoisotopic (exact) mass is 512 g/mol. The number of pyridine rings is 1. The normalized spacial score (nSPS) is 13.4. The number of carboxylic acid groups (broad SMARTS) is 1. The molecular weight excluding hydrogens is 480 g/mol. The first-order chi connectivity index (χ1) is 18.6. The van der Waals surface area contributed by atoms with Crippen LogP contribution < -0.4 is 10.1 Å². The van der Waals surface area contributed by atoms with Gasteiger partial charge in [0.25, 0.3) is 0 Å².